The summed E-state index contributed by atoms with van der Waals surface area (Å²) in [6.45, 7) is 0.779. The van der Waals surface area contributed by atoms with Crippen molar-refractivity contribution in [2.75, 3.05) is 19.8 Å². The van der Waals surface area contributed by atoms with Gasteiger partial charge in [0.25, 0.3) is 0 Å². The molecule has 1 fully saturated rings. The van der Waals surface area contributed by atoms with Crippen molar-refractivity contribution in [2.45, 2.75) is 6.42 Å². The minimum atomic E-state index is -0.404. The summed E-state index contributed by atoms with van der Waals surface area (Å²) in [4.78, 5) is 19.1. The van der Waals surface area contributed by atoms with E-state index in [4.69, 9.17) is 4.74 Å². The van der Waals surface area contributed by atoms with Crippen LogP contribution in [0.2, 0.25) is 0 Å². The first-order chi connectivity index (χ1) is 9.17. The number of hydrogen-bond donors (Lipinski definition) is 0. The Morgan fingerprint density at radius 2 is 2.21 bits per heavy atom. The lowest BCUT2D eigenvalue weighted by Crippen LogP contribution is -2.49. The summed E-state index contributed by atoms with van der Waals surface area (Å²) in [5.74, 6) is 0. The molecule has 0 atom stereocenters. The van der Waals surface area contributed by atoms with Crippen molar-refractivity contribution < 1.29 is 9.66 Å². The van der Waals surface area contributed by atoms with Crippen molar-refractivity contribution in [2.24, 2.45) is 5.41 Å². The monoisotopic (exact) mass is 259 g/mol. The molecular formula is C13H13N3O3. The van der Waals surface area contributed by atoms with E-state index in [1.807, 2.05) is 24.3 Å². The second-order valence-corrected chi connectivity index (χ2v) is 5.01. The minimum Gasteiger partial charge on any atom is -0.380 e. The molecule has 19 heavy (non-hydrogen) atoms. The van der Waals surface area contributed by atoms with Crippen molar-refractivity contribution in [1.29, 1.82) is 0 Å². The Balaban J connectivity index is 1.86. The van der Waals surface area contributed by atoms with E-state index in [2.05, 4.69) is 9.97 Å². The van der Waals surface area contributed by atoms with Gasteiger partial charge in [-0.05, 0) is 24.3 Å². The molecule has 1 aliphatic rings. The molecule has 1 aliphatic heterocycles. The zero-order chi connectivity index (χ0) is 13.3. The number of ether oxygens (including phenoxy) is 1. The molecule has 3 heterocycles. The van der Waals surface area contributed by atoms with Gasteiger partial charge in [-0.2, -0.15) is 0 Å². The topological polar surface area (TPSA) is 78.2 Å². The molecule has 0 aliphatic carbocycles. The first kappa shape index (κ1) is 12.0. The van der Waals surface area contributed by atoms with Crippen molar-refractivity contribution >= 4 is 11.0 Å². The van der Waals surface area contributed by atoms with Crippen LogP contribution in [0.3, 0.4) is 0 Å². The van der Waals surface area contributed by atoms with Crippen LogP contribution in [0.5, 0.6) is 0 Å². The van der Waals surface area contributed by atoms with Crippen molar-refractivity contribution in [3.63, 3.8) is 0 Å². The Kier molecular flexibility index (Phi) is 2.87. The second kappa shape index (κ2) is 4.55. The Morgan fingerprint density at radius 3 is 2.89 bits per heavy atom. The number of aromatic nitrogens is 2. The Hall–Kier alpha value is -2.08. The van der Waals surface area contributed by atoms with Gasteiger partial charge in [0.1, 0.15) is 0 Å². The highest BCUT2D eigenvalue weighted by molar-refractivity contribution is 5.74. The molecule has 0 saturated carbocycles. The van der Waals surface area contributed by atoms with Crippen LogP contribution in [-0.4, -0.2) is 34.6 Å². The lowest BCUT2D eigenvalue weighted by Gasteiger charge is -2.37. The smallest absolute Gasteiger partial charge is 0.214 e. The molecule has 0 unspecified atom stereocenters. The van der Waals surface area contributed by atoms with Gasteiger partial charge in [-0.3, -0.25) is 10.1 Å². The van der Waals surface area contributed by atoms with Crippen LogP contribution >= 0.6 is 0 Å². The Morgan fingerprint density at radius 1 is 1.37 bits per heavy atom. The van der Waals surface area contributed by atoms with Gasteiger partial charge in [0.2, 0.25) is 6.54 Å². The van der Waals surface area contributed by atoms with E-state index in [1.165, 1.54) is 0 Å². The predicted octanol–water partition coefficient (Wildman–Crippen LogP) is 1.47. The highest BCUT2D eigenvalue weighted by atomic mass is 16.6. The number of fused-ring (bicyclic) bond motifs is 1. The third-order valence-corrected chi connectivity index (χ3v) is 3.36. The summed E-state index contributed by atoms with van der Waals surface area (Å²) in [6, 6.07) is 7.66. The normalized spacial score (nSPS) is 17.1. The van der Waals surface area contributed by atoms with Crippen LogP contribution in [-0.2, 0) is 11.2 Å². The molecule has 2 aromatic heterocycles. The maximum atomic E-state index is 10.7. The van der Waals surface area contributed by atoms with Gasteiger partial charge in [0, 0.05) is 28.6 Å². The van der Waals surface area contributed by atoms with E-state index >= 15 is 0 Å². The third kappa shape index (κ3) is 2.39. The molecule has 0 amide bonds. The maximum absolute atomic E-state index is 10.7. The molecule has 6 heteroatoms. The number of hydrogen-bond acceptors (Lipinski definition) is 5. The lowest BCUT2D eigenvalue weighted by molar-refractivity contribution is -0.507. The fourth-order valence-electron chi connectivity index (χ4n) is 2.39. The van der Waals surface area contributed by atoms with E-state index in [0.29, 0.717) is 25.3 Å². The quantitative estimate of drug-likeness (QED) is 0.613. The summed E-state index contributed by atoms with van der Waals surface area (Å²) in [5.41, 5.74) is 1.10. The standard InChI is InChI=1S/C13H13N3O3/c17-16(18)7-13(8-19-9-13)6-11-4-3-10-2-1-5-14-12(10)15-11/h1-5H,6-9H2. The predicted molar refractivity (Wildman–Crippen MR) is 68.4 cm³/mol. The average molecular weight is 259 g/mol. The summed E-state index contributed by atoms with van der Waals surface area (Å²) < 4.78 is 5.15. The fourth-order valence-corrected chi connectivity index (χ4v) is 2.39. The van der Waals surface area contributed by atoms with Gasteiger partial charge in [-0.25, -0.2) is 9.97 Å². The average Bonchev–Trinajstić information content (AvgIpc) is 2.35. The molecule has 2 aromatic rings. The molecule has 3 rings (SSSR count). The van der Waals surface area contributed by atoms with Gasteiger partial charge >= 0.3 is 0 Å². The summed E-state index contributed by atoms with van der Waals surface area (Å²) in [5, 5.41) is 11.7. The van der Waals surface area contributed by atoms with Gasteiger partial charge < -0.3 is 4.74 Å². The number of nitrogens with zero attached hydrogens (tertiary/aromatic N) is 3. The van der Waals surface area contributed by atoms with Crippen molar-refractivity contribution in [3.05, 3.63) is 46.3 Å². The van der Waals surface area contributed by atoms with E-state index < -0.39 is 5.41 Å². The van der Waals surface area contributed by atoms with Crippen molar-refractivity contribution in [1.82, 2.24) is 9.97 Å². The van der Waals surface area contributed by atoms with E-state index in [9.17, 15) is 10.1 Å². The summed E-state index contributed by atoms with van der Waals surface area (Å²) in [6.07, 6.45) is 2.25. The molecule has 0 N–H and O–H groups in total. The van der Waals surface area contributed by atoms with Gasteiger partial charge in [-0.15, -0.1) is 0 Å². The maximum Gasteiger partial charge on any atom is 0.214 e. The van der Waals surface area contributed by atoms with E-state index in [1.54, 1.807) is 6.20 Å². The van der Waals surface area contributed by atoms with Crippen LogP contribution in [0.4, 0.5) is 0 Å². The molecule has 0 spiro atoms. The zero-order valence-electron chi connectivity index (χ0n) is 10.3. The minimum absolute atomic E-state index is 0.0745. The molecule has 98 valence electrons. The number of rotatable bonds is 4. The largest absolute Gasteiger partial charge is 0.380 e. The van der Waals surface area contributed by atoms with Crippen LogP contribution in [0.25, 0.3) is 11.0 Å². The van der Waals surface area contributed by atoms with Crippen LogP contribution in [0, 0.1) is 15.5 Å². The second-order valence-electron chi connectivity index (χ2n) is 5.01. The Bertz CT molecular complexity index is 625. The van der Waals surface area contributed by atoms with Crippen LogP contribution in [0.15, 0.2) is 30.5 Å². The lowest BCUT2D eigenvalue weighted by atomic mass is 9.81. The molecule has 0 bridgehead atoms. The molecule has 6 nitrogen and oxygen atoms in total. The summed E-state index contributed by atoms with van der Waals surface area (Å²) in [7, 11) is 0. The molecule has 0 radical (unpaired) electrons. The van der Waals surface area contributed by atoms with Gasteiger partial charge in [0.15, 0.2) is 5.65 Å². The van der Waals surface area contributed by atoms with Crippen LogP contribution < -0.4 is 0 Å². The zero-order valence-corrected chi connectivity index (χ0v) is 10.3. The summed E-state index contributed by atoms with van der Waals surface area (Å²) >= 11 is 0. The molecule has 0 aromatic carbocycles. The van der Waals surface area contributed by atoms with E-state index in [0.717, 1.165) is 11.1 Å². The first-order valence-electron chi connectivity index (χ1n) is 6.07. The van der Waals surface area contributed by atoms with Gasteiger partial charge in [0.05, 0.1) is 18.6 Å². The molecule has 1 saturated heterocycles. The molecular weight excluding hydrogens is 246 g/mol. The highest BCUT2D eigenvalue weighted by Crippen LogP contribution is 2.31. The third-order valence-electron chi connectivity index (χ3n) is 3.36. The number of nitro groups is 1. The van der Waals surface area contributed by atoms with Crippen LogP contribution in [0.1, 0.15) is 5.69 Å². The van der Waals surface area contributed by atoms with Crippen molar-refractivity contribution in [3.8, 4) is 0 Å². The first-order valence-corrected chi connectivity index (χ1v) is 6.07. The van der Waals surface area contributed by atoms with E-state index in [-0.39, 0.29) is 11.5 Å². The van der Waals surface area contributed by atoms with Gasteiger partial charge in [-0.1, -0.05) is 0 Å². The SMILES string of the molecule is O=[N+]([O-])CC1(Cc2ccc3cccnc3n2)COC1. The Labute approximate surface area is 109 Å². The number of pyridine rings is 2. The fraction of sp³-hybridized carbons (Fsp3) is 0.385. The highest BCUT2D eigenvalue weighted by Gasteiger charge is 2.44.